The first-order valence-corrected chi connectivity index (χ1v) is 4.89. The number of hydrogen-bond donors (Lipinski definition) is 1. The number of nitrogens with zero attached hydrogens (tertiary/aromatic N) is 1. The molecular formula is C11H7NOS. The Hall–Kier alpha value is -1.79. The van der Waals surface area contributed by atoms with Gasteiger partial charge >= 0.3 is 0 Å². The Balaban J connectivity index is 2.45. The Kier molecular flexibility index (Phi) is 2.21. The van der Waals surface area contributed by atoms with Crippen molar-refractivity contribution in [2.24, 2.45) is 0 Å². The van der Waals surface area contributed by atoms with Gasteiger partial charge in [-0.1, -0.05) is 12.1 Å². The number of thiazole rings is 1. The van der Waals surface area contributed by atoms with E-state index in [0.29, 0.717) is 5.69 Å². The summed E-state index contributed by atoms with van der Waals surface area (Å²) in [5.41, 5.74) is 1.52. The average molecular weight is 201 g/mol. The zero-order valence-electron chi connectivity index (χ0n) is 7.27. The Labute approximate surface area is 85.9 Å². The van der Waals surface area contributed by atoms with Crippen LogP contribution in [0.4, 0.5) is 0 Å². The van der Waals surface area contributed by atoms with Gasteiger partial charge in [-0.05, 0) is 18.1 Å². The van der Waals surface area contributed by atoms with Crippen LogP contribution in [-0.4, -0.2) is 10.1 Å². The predicted molar refractivity (Wildman–Crippen MR) is 57.1 cm³/mol. The quantitative estimate of drug-likeness (QED) is 0.719. The number of aromatic nitrogens is 1. The second-order valence-corrected chi connectivity index (χ2v) is 3.59. The molecule has 2 aromatic rings. The molecule has 1 N–H and O–H groups in total. The highest BCUT2D eigenvalue weighted by Crippen LogP contribution is 2.25. The SMILES string of the molecule is C#Cc1csc(-c2cccc(O)c2)n1. The van der Waals surface area contributed by atoms with Crippen LogP contribution in [0.25, 0.3) is 10.6 Å². The molecule has 0 atom stereocenters. The summed E-state index contributed by atoms with van der Waals surface area (Å²) in [6, 6.07) is 6.96. The summed E-state index contributed by atoms with van der Waals surface area (Å²) in [6.45, 7) is 0. The third kappa shape index (κ3) is 1.61. The highest BCUT2D eigenvalue weighted by atomic mass is 32.1. The van der Waals surface area contributed by atoms with Gasteiger partial charge in [-0.15, -0.1) is 17.8 Å². The molecule has 1 heterocycles. The Morgan fingerprint density at radius 1 is 1.43 bits per heavy atom. The van der Waals surface area contributed by atoms with Crippen LogP contribution in [0.15, 0.2) is 29.6 Å². The maximum atomic E-state index is 9.27. The summed E-state index contributed by atoms with van der Waals surface area (Å²) in [6.07, 6.45) is 5.22. The zero-order valence-corrected chi connectivity index (χ0v) is 8.08. The van der Waals surface area contributed by atoms with Crippen molar-refractivity contribution in [2.45, 2.75) is 0 Å². The van der Waals surface area contributed by atoms with Gasteiger partial charge in [0.1, 0.15) is 16.5 Å². The largest absolute Gasteiger partial charge is 0.508 e. The van der Waals surface area contributed by atoms with E-state index >= 15 is 0 Å². The first-order chi connectivity index (χ1) is 6.79. The van der Waals surface area contributed by atoms with Crippen molar-refractivity contribution in [3.05, 3.63) is 35.3 Å². The first kappa shape index (κ1) is 8.79. The van der Waals surface area contributed by atoms with E-state index in [0.717, 1.165) is 10.6 Å². The lowest BCUT2D eigenvalue weighted by Crippen LogP contribution is -1.76. The second kappa shape index (κ2) is 3.52. The van der Waals surface area contributed by atoms with E-state index < -0.39 is 0 Å². The number of phenols is 1. The molecule has 0 radical (unpaired) electrons. The molecule has 0 saturated heterocycles. The van der Waals surface area contributed by atoms with E-state index in [2.05, 4.69) is 10.9 Å². The molecule has 2 rings (SSSR count). The minimum atomic E-state index is 0.236. The van der Waals surface area contributed by atoms with E-state index in [1.54, 1.807) is 18.2 Å². The molecule has 0 aliphatic heterocycles. The Morgan fingerprint density at radius 3 is 2.93 bits per heavy atom. The molecule has 0 saturated carbocycles. The number of aromatic hydroxyl groups is 1. The molecule has 0 aliphatic rings. The summed E-state index contributed by atoms with van der Waals surface area (Å²) in [7, 11) is 0. The summed E-state index contributed by atoms with van der Waals surface area (Å²) in [5.74, 6) is 2.70. The lowest BCUT2D eigenvalue weighted by molar-refractivity contribution is 0.475. The molecule has 0 spiro atoms. The van der Waals surface area contributed by atoms with E-state index in [1.807, 2.05) is 11.4 Å². The fraction of sp³-hybridized carbons (Fsp3) is 0. The summed E-state index contributed by atoms with van der Waals surface area (Å²) in [4.78, 5) is 4.21. The molecule has 1 aromatic carbocycles. The van der Waals surface area contributed by atoms with Gasteiger partial charge in [0.2, 0.25) is 0 Å². The highest BCUT2D eigenvalue weighted by Gasteiger charge is 2.03. The van der Waals surface area contributed by atoms with Crippen LogP contribution in [-0.2, 0) is 0 Å². The number of hydrogen-bond acceptors (Lipinski definition) is 3. The molecular weight excluding hydrogens is 194 g/mol. The van der Waals surface area contributed by atoms with Crippen LogP contribution >= 0.6 is 11.3 Å². The van der Waals surface area contributed by atoms with Gasteiger partial charge in [0.15, 0.2) is 0 Å². The zero-order chi connectivity index (χ0) is 9.97. The van der Waals surface area contributed by atoms with Crippen molar-refractivity contribution in [3.63, 3.8) is 0 Å². The smallest absolute Gasteiger partial charge is 0.124 e. The summed E-state index contributed by atoms with van der Waals surface area (Å²) in [5, 5.41) is 11.9. The van der Waals surface area contributed by atoms with Crippen LogP contribution in [0.3, 0.4) is 0 Å². The number of rotatable bonds is 1. The fourth-order valence-electron chi connectivity index (χ4n) is 1.11. The van der Waals surface area contributed by atoms with E-state index in [1.165, 1.54) is 11.3 Å². The van der Waals surface area contributed by atoms with Gasteiger partial charge in [0.25, 0.3) is 0 Å². The van der Waals surface area contributed by atoms with Crippen molar-refractivity contribution in [2.75, 3.05) is 0 Å². The molecule has 0 bridgehead atoms. The summed E-state index contributed by atoms with van der Waals surface area (Å²) >= 11 is 1.47. The number of benzene rings is 1. The average Bonchev–Trinajstić information content (AvgIpc) is 2.66. The van der Waals surface area contributed by atoms with Crippen molar-refractivity contribution in [3.8, 4) is 28.7 Å². The third-order valence-electron chi connectivity index (χ3n) is 1.75. The van der Waals surface area contributed by atoms with Gasteiger partial charge < -0.3 is 5.11 Å². The minimum absolute atomic E-state index is 0.236. The molecule has 2 nitrogen and oxygen atoms in total. The molecule has 68 valence electrons. The van der Waals surface area contributed by atoms with Crippen molar-refractivity contribution in [1.82, 2.24) is 4.98 Å². The van der Waals surface area contributed by atoms with E-state index in [9.17, 15) is 5.11 Å². The fourth-order valence-corrected chi connectivity index (χ4v) is 1.87. The standard InChI is InChI=1S/C11H7NOS/c1-2-9-7-14-11(12-9)8-4-3-5-10(13)6-8/h1,3-7,13H. The molecule has 14 heavy (non-hydrogen) atoms. The lowest BCUT2D eigenvalue weighted by atomic mass is 10.2. The normalized spacial score (nSPS) is 9.64. The molecule has 1 aromatic heterocycles. The predicted octanol–water partition coefficient (Wildman–Crippen LogP) is 2.50. The third-order valence-corrected chi connectivity index (χ3v) is 2.64. The van der Waals surface area contributed by atoms with Gasteiger partial charge in [-0.2, -0.15) is 0 Å². The topological polar surface area (TPSA) is 33.1 Å². The van der Waals surface area contributed by atoms with Crippen LogP contribution in [0, 0.1) is 12.3 Å². The van der Waals surface area contributed by atoms with Gasteiger partial charge in [-0.3, -0.25) is 0 Å². The maximum Gasteiger partial charge on any atom is 0.124 e. The van der Waals surface area contributed by atoms with Gasteiger partial charge in [0, 0.05) is 10.9 Å². The van der Waals surface area contributed by atoms with Gasteiger partial charge in [-0.25, -0.2) is 4.98 Å². The molecule has 3 heteroatoms. The second-order valence-electron chi connectivity index (χ2n) is 2.73. The van der Waals surface area contributed by atoms with Crippen LogP contribution in [0.1, 0.15) is 5.69 Å². The molecule has 0 amide bonds. The lowest BCUT2D eigenvalue weighted by Gasteiger charge is -1.95. The van der Waals surface area contributed by atoms with Crippen LogP contribution < -0.4 is 0 Å². The number of terminal acetylenes is 1. The number of phenolic OH excluding ortho intramolecular Hbond substituents is 1. The van der Waals surface area contributed by atoms with E-state index in [4.69, 9.17) is 6.42 Å². The van der Waals surface area contributed by atoms with Crippen LogP contribution in [0.5, 0.6) is 5.75 Å². The van der Waals surface area contributed by atoms with Crippen molar-refractivity contribution in [1.29, 1.82) is 0 Å². The highest BCUT2D eigenvalue weighted by molar-refractivity contribution is 7.13. The minimum Gasteiger partial charge on any atom is -0.508 e. The maximum absolute atomic E-state index is 9.27. The van der Waals surface area contributed by atoms with Crippen molar-refractivity contribution < 1.29 is 5.11 Å². The molecule has 0 fully saturated rings. The van der Waals surface area contributed by atoms with E-state index in [-0.39, 0.29) is 5.75 Å². The molecule has 0 aliphatic carbocycles. The molecule has 0 unspecified atom stereocenters. The van der Waals surface area contributed by atoms with Crippen LogP contribution in [0.2, 0.25) is 0 Å². The van der Waals surface area contributed by atoms with Gasteiger partial charge in [0.05, 0.1) is 0 Å². The van der Waals surface area contributed by atoms with Crippen molar-refractivity contribution >= 4 is 11.3 Å². The Bertz CT molecular complexity index is 496. The monoisotopic (exact) mass is 201 g/mol. The first-order valence-electron chi connectivity index (χ1n) is 4.01. The summed E-state index contributed by atoms with van der Waals surface area (Å²) < 4.78 is 0. The Morgan fingerprint density at radius 2 is 2.29 bits per heavy atom.